The molecule has 32 heavy (non-hydrogen) atoms. The number of hydrogen-bond donors (Lipinski definition) is 1. The van der Waals surface area contributed by atoms with Gasteiger partial charge in [0.25, 0.3) is 5.91 Å². The van der Waals surface area contributed by atoms with Crippen LogP contribution in [-0.2, 0) is 11.3 Å². The number of aromatic nitrogens is 3. The van der Waals surface area contributed by atoms with Gasteiger partial charge in [-0.05, 0) is 54.8 Å². The number of para-hydroxylation sites is 1. The van der Waals surface area contributed by atoms with Crippen LogP contribution >= 0.6 is 0 Å². The van der Waals surface area contributed by atoms with Crippen molar-refractivity contribution in [3.63, 3.8) is 0 Å². The fourth-order valence-electron chi connectivity index (χ4n) is 3.80. The second kappa shape index (κ2) is 9.20. The minimum atomic E-state index is -0.168. The summed E-state index contributed by atoms with van der Waals surface area (Å²) < 4.78 is 13.3. The summed E-state index contributed by atoms with van der Waals surface area (Å²) in [5.74, 6) is 0.549. The van der Waals surface area contributed by atoms with Crippen molar-refractivity contribution in [2.24, 2.45) is 0 Å². The molecule has 1 aliphatic heterocycles. The maximum Gasteiger partial charge on any atom is 0.255 e. The van der Waals surface area contributed by atoms with Crippen LogP contribution in [0.3, 0.4) is 0 Å². The number of ether oxygens (including phenoxy) is 2. The van der Waals surface area contributed by atoms with Gasteiger partial charge in [-0.1, -0.05) is 35.5 Å². The van der Waals surface area contributed by atoms with Gasteiger partial charge in [-0.25, -0.2) is 4.68 Å². The Kier molecular flexibility index (Phi) is 5.81. The van der Waals surface area contributed by atoms with E-state index < -0.39 is 0 Å². The maximum absolute atomic E-state index is 12.7. The maximum atomic E-state index is 12.7. The molecular weight excluding hydrogens is 404 g/mol. The molecule has 0 spiro atoms. The fourth-order valence-corrected chi connectivity index (χ4v) is 3.80. The van der Waals surface area contributed by atoms with E-state index in [-0.39, 0.29) is 12.0 Å². The van der Waals surface area contributed by atoms with Crippen LogP contribution in [0.25, 0.3) is 11.0 Å². The van der Waals surface area contributed by atoms with E-state index in [1.807, 2.05) is 77.5 Å². The Labute approximate surface area is 186 Å². The summed E-state index contributed by atoms with van der Waals surface area (Å²) in [6.45, 7) is 1.92. The number of hydrogen-bond acceptors (Lipinski definition) is 5. The highest BCUT2D eigenvalue weighted by atomic mass is 16.5. The Morgan fingerprint density at radius 1 is 1.09 bits per heavy atom. The van der Waals surface area contributed by atoms with Crippen molar-refractivity contribution in [2.75, 3.05) is 18.5 Å². The monoisotopic (exact) mass is 428 g/mol. The first-order valence-electron chi connectivity index (χ1n) is 10.8. The standard InChI is InChI=1S/C25H24N4O3/c30-25(26-20-5-3-6-21(15-20)32-17-22-7-4-14-31-22)19-12-10-18(11-13-19)16-29-24-9-2-1-8-23(24)27-28-29/h1-3,5-6,8-13,15,22H,4,7,14,16-17H2,(H,26,30). The van der Waals surface area contributed by atoms with Gasteiger partial charge in [-0.15, -0.1) is 5.10 Å². The third kappa shape index (κ3) is 4.63. The molecule has 1 atom stereocenters. The summed E-state index contributed by atoms with van der Waals surface area (Å²) in [6.07, 6.45) is 2.26. The second-order valence-corrected chi connectivity index (χ2v) is 7.86. The molecule has 3 aromatic carbocycles. The number of anilines is 1. The van der Waals surface area contributed by atoms with Crippen molar-refractivity contribution in [3.8, 4) is 5.75 Å². The van der Waals surface area contributed by atoms with Crippen LogP contribution in [0.15, 0.2) is 72.8 Å². The first kappa shape index (κ1) is 20.2. The SMILES string of the molecule is O=C(Nc1cccc(OCC2CCCO2)c1)c1ccc(Cn2nnc3ccccc32)cc1. The summed E-state index contributed by atoms with van der Waals surface area (Å²) in [7, 11) is 0. The van der Waals surface area contributed by atoms with Crippen LogP contribution in [-0.4, -0.2) is 40.2 Å². The van der Waals surface area contributed by atoms with Gasteiger partial charge in [0.1, 0.15) is 17.9 Å². The largest absolute Gasteiger partial charge is 0.491 e. The molecule has 0 aliphatic carbocycles. The van der Waals surface area contributed by atoms with Gasteiger partial charge in [0, 0.05) is 23.9 Å². The molecule has 7 heteroatoms. The van der Waals surface area contributed by atoms with E-state index in [0.717, 1.165) is 36.0 Å². The molecule has 0 radical (unpaired) electrons. The molecule has 1 N–H and O–H groups in total. The molecule has 1 aromatic heterocycles. The smallest absolute Gasteiger partial charge is 0.255 e. The molecule has 0 bridgehead atoms. The number of fused-ring (bicyclic) bond motifs is 1. The Hall–Kier alpha value is -3.71. The number of nitrogens with zero attached hydrogens (tertiary/aromatic N) is 3. The molecule has 1 saturated heterocycles. The lowest BCUT2D eigenvalue weighted by atomic mass is 10.1. The molecule has 1 unspecified atom stereocenters. The summed E-state index contributed by atoms with van der Waals surface area (Å²) in [5, 5.41) is 11.3. The van der Waals surface area contributed by atoms with Crippen molar-refractivity contribution in [1.82, 2.24) is 15.0 Å². The number of carbonyl (C=O) groups excluding carboxylic acids is 1. The Morgan fingerprint density at radius 2 is 1.97 bits per heavy atom. The minimum absolute atomic E-state index is 0.155. The number of carbonyl (C=O) groups is 1. The molecular formula is C25H24N4O3. The van der Waals surface area contributed by atoms with Gasteiger partial charge in [0.05, 0.1) is 18.2 Å². The van der Waals surface area contributed by atoms with E-state index >= 15 is 0 Å². The van der Waals surface area contributed by atoms with E-state index in [1.54, 1.807) is 0 Å². The van der Waals surface area contributed by atoms with Crippen LogP contribution in [0, 0.1) is 0 Å². The lowest BCUT2D eigenvalue weighted by Gasteiger charge is -2.12. The topological polar surface area (TPSA) is 78.3 Å². The van der Waals surface area contributed by atoms with E-state index in [1.165, 1.54) is 0 Å². The molecule has 7 nitrogen and oxygen atoms in total. The van der Waals surface area contributed by atoms with E-state index in [0.29, 0.717) is 30.2 Å². The molecule has 1 amide bonds. The average Bonchev–Trinajstić information content (AvgIpc) is 3.49. The third-order valence-electron chi connectivity index (χ3n) is 5.52. The molecule has 0 saturated carbocycles. The lowest BCUT2D eigenvalue weighted by molar-refractivity contribution is 0.0680. The minimum Gasteiger partial charge on any atom is -0.491 e. The van der Waals surface area contributed by atoms with Gasteiger partial charge in [0.15, 0.2) is 0 Å². The number of nitrogens with one attached hydrogen (secondary N) is 1. The van der Waals surface area contributed by atoms with Gasteiger partial charge in [0.2, 0.25) is 0 Å². The fraction of sp³-hybridized carbons (Fsp3) is 0.240. The number of rotatable bonds is 7. The van der Waals surface area contributed by atoms with Gasteiger partial charge in [-0.2, -0.15) is 0 Å². The highest BCUT2D eigenvalue weighted by Crippen LogP contribution is 2.20. The number of amides is 1. The van der Waals surface area contributed by atoms with E-state index in [4.69, 9.17) is 9.47 Å². The van der Waals surface area contributed by atoms with Crippen LogP contribution in [0.5, 0.6) is 5.75 Å². The Balaban J connectivity index is 1.21. The van der Waals surface area contributed by atoms with Gasteiger partial charge < -0.3 is 14.8 Å². The predicted molar refractivity (Wildman–Crippen MR) is 122 cm³/mol. The quantitative estimate of drug-likeness (QED) is 0.475. The number of benzene rings is 3. The zero-order chi connectivity index (χ0) is 21.8. The van der Waals surface area contributed by atoms with Gasteiger partial charge >= 0.3 is 0 Å². The first-order chi connectivity index (χ1) is 15.7. The van der Waals surface area contributed by atoms with Crippen molar-refractivity contribution in [2.45, 2.75) is 25.5 Å². The highest BCUT2D eigenvalue weighted by molar-refractivity contribution is 6.04. The zero-order valence-electron chi connectivity index (χ0n) is 17.6. The van der Waals surface area contributed by atoms with E-state index in [9.17, 15) is 4.79 Å². The van der Waals surface area contributed by atoms with Crippen LogP contribution in [0.1, 0.15) is 28.8 Å². The van der Waals surface area contributed by atoms with E-state index in [2.05, 4.69) is 15.6 Å². The lowest BCUT2D eigenvalue weighted by Crippen LogP contribution is -2.16. The van der Waals surface area contributed by atoms with Gasteiger partial charge in [-0.3, -0.25) is 4.79 Å². The van der Waals surface area contributed by atoms with Crippen molar-refractivity contribution >= 4 is 22.6 Å². The summed E-state index contributed by atoms with van der Waals surface area (Å²) >= 11 is 0. The summed E-state index contributed by atoms with van der Waals surface area (Å²) in [4.78, 5) is 12.7. The molecule has 5 rings (SSSR count). The highest BCUT2D eigenvalue weighted by Gasteiger charge is 2.16. The molecule has 162 valence electrons. The Morgan fingerprint density at radius 3 is 2.81 bits per heavy atom. The predicted octanol–water partition coefficient (Wildman–Crippen LogP) is 4.29. The Bertz CT molecular complexity index is 1210. The molecule has 1 aliphatic rings. The molecule has 2 heterocycles. The van der Waals surface area contributed by atoms with Crippen molar-refractivity contribution in [3.05, 3.63) is 83.9 Å². The van der Waals surface area contributed by atoms with Crippen LogP contribution in [0.4, 0.5) is 5.69 Å². The second-order valence-electron chi connectivity index (χ2n) is 7.86. The summed E-state index contributed by atoms with van der Waals surface area (Å²) in [5.41, 5.74) is 4.17. The normalized spacial score (nSPS) is 15.7. The molecule has 4 aromatic rings. The van der Waals surface area contributed by atoms with Crippen LogP contribution < -0.4 is 10.1 Å². The zero-order valence-corrected chi connectivity index (χ0v) is 17.6. The van der Waals surface area contributed by atoms with Crippen molar-refractivity contribution in [1.29, 1.82) is 0 Å². The molecule has 1 fully saturated rings. The third-order valence-corrected chi connectivity index (χ3v) is 5.52. The van der Waals surface area contributed by atoms with Crippen molar-refractivity contribution < 1.29 is 14.3 Å². The van der Waals surface area contributed by atoms with Crippen LogP contribution in [0.2, 0.25) is 0 Å². The summed E-state index contributed by atoms with van der Waals surface area (Å²) in [6, 6.07) is 22.8. The first-order valence-corrected chi connectivity index (χ1v) is 10.8. The average molecular weight is 428 g/mol.